The zero-order chi connectivity index (χ0) is 20.2. The van der Waals surface area contributed by atoms with E-state index in [-0.39, 0.29) is 30.0 Å². The third-order valence-electron chi connectivity index (χ3n) is 5.35. The summed E-state index contributed by atoms with van der Waals surface area (Å²) in [4.78, 5) is 12.3. The zero-order valence-corrected chi connectivity index (χ0v) is 20.1. The van der Waals surface area contributed by atoms with Crippen LogP contribution in [0.4, 0.5) is 0 Å². The number of fused-ring (bicyclic) bond motifs is 2. The van der Waals surface area contributed by atoms with Crippen molar-refractivity contribution in [3.63, 3.8) is 0 Å². The molecule has 3 heterocycles. The van der Waals surface area contributed by atoms with Gasteiger partial charge < -0.3 is 20.4 Å². The van der Waals surface area contributed by atoms with E-state index in [9.17, 15) is 0 Å². The second kappa shape index (κ2) is 10.3. The van der Waals surface area contributed by atoms with Crippen molar-refractivity contribution in [1.82, 2.24) is 30.4 Å². The molecule has 1 unspecified atom stereocenters. The Hall–Kier alpha value is -2.14. The molecule has 0 radical (unpaired) electrons. The summed E-state index contributed by atoms with van der Waals surface area (Å²) in [6.45, 7) is 4.17. The van der Waals surface area contributed by atoms with Gasteiger partial charge in [-0.3, -0.25) is 4.99 Å². The maximum Gasteiger partial charge on any atom is 0.191 e. The quantitative estimate of drug-likeness (QED) is 0.263. The van der Waals surface area contributed by atoms with E-state index in [1.165, 1.54) is 22.0 Å². The third-order valence-corrected chi connectivity index (χ3v) is 5.35. The number of aryl methyl sites for hydroxylation is 2. The van der Waals surface area contributed by atoms with Crippen LogP contribution in [0.3, 0.4) is 0 Å². The number of rotatable bonds is 6. The first-order valence-corrected chi connectivity index (χ1v) is 10.1. The van der Waals surface area contributed by atoms with E-state index in [0.29, 0.717) is 6.61 Å². The minimum Gasteiger partial charge on any atom is -0.377 e. The van der Waals surface area contributed by atoms with Crippen LogP contribution in [0.25, 0.3) is 10.9 Å². The molecule has 0 amide bonds. The predicted octanol–water partition coefficient (Wildman–Crippen LogP) is 2.55. The molecule has 0 spiro atoms. The van der Waals surface area contributed by atoms with Crippen LogP contribution in [-0.4, -0.2) is 52.5 Å². The highest BCUT2D eigenvalue weighted by atomic mass is 127. The molecule has 1 atom stereocenters. The van der Waals surface area contributed by atoms with Crippen LogP contribution in [0.2, 0.25) is 0 Å². The number of hydrogen-bond donors (Lipinski definition) is 3. The number of hydrogen-bond acceptors (Lipinski definition) is 4. The monoisotopic (exact) mass is 523 g/mol. The van der Waals surface area contributed by atoms with Gasteiger partial charge in [0.1, 0.15) is 12.4 Å². The van der Waals surface area contributed by atoms with Gasteiger partial charge in [-0.1, -0.05) is 12.1 Å². The zero-order valence-electron chi connectivity index (χ0n) is 17.7. The van der Waals surface area contributed by atoms with Crippen molar-refractivity contribution in [1.29, 1.82) is 0 Å². The molecule has 1 aromatic carbocycles. The minimum atomic E-state index is 0. The molecule has 1 aliphatic heterocycles. The van der Waals surface area contributed by atoms with E-state index in [1.807, 2.05) is 11.7 Å². The summed E-state index contributed by atoms with van der Waals surface area (Å²) in [5.74, 6) is 2.61. The van der Waals surface area contributed by atoms with Crippen molar-refractivity contribution in [3.8, 4) is 0 Å². The summed E-state index contributed by atoms with van der Waals surface area (Å²) in [6, 6.07) is 6.82. The average Bonchev–Trinajstić information content (AvgIpc) is 3.30. The molecule has 3 aromatic rings. The molecule has 4 rings (SSSR count). The molecule has 3 N–H and O–H groups in total. The lowest BCUT2D eigenvalue weighted by atomic mass is 10.1. The Balaban J connectivity index is 0.00000256. The predicted molar refractivity (Wildman–Crippen MR) is 129 cm³/mol. The second-order valence-corrected chi connectivity index (χ2v) is 7.55. The number of nitrogens with zero attached hydrogens (tertiary/aromatic N) is 4. The lowest BCUT2D eigenvalue weighted by Crippen LogP contribution is -2.47. The fourth-order valence-corrected chi connectivity index (χ4v) is 3.88. The first kappa shape index (κ1) is 22.5. The van der Waals surface area contributed by atoms with Gasteiger partial charge in [0.05, 0.1) is 6.54 Å². The maximum absolute atomic E-state index is 5.14. The summed E-state index contributed by atoms with van der Waals surface area (Å²) in [5.41, 5.74) is 3.78. The Morgan fingerprint density at radius 1 is 1.40 bits per heavy atom. The number of nitrogens with one attached hydrogen (secondary N) is 3. The molecule has 0 bridgehead atoms. The van der Waals surface area contributed by atoms with Crippen LogP contribution < -0.4 is 10.6 Å². The first-order chi connectivity index (χ1) is 14.2. The SMILES string of the molecule is CN=C(NCCc1c[nH]c2cc(C)ccc12)NC1CCc2nc(COC)nn2C1.I. The van der Waals surface area contributed by atoms with Crippen LogP contribution >= 0.6 is 24.0 Å². The lowest BCUT2D eigenvalue weighted by Gasteiger charge is -2.25. The Bertz CT molecular complexity index is 1010. The fourth-order valence-electron chi connectivity index (χ4n) is 3.88. The van der Waals surface area contributed by atoms with Crippen LogP contribution in [-0.2, 0) is 30.7 Å². The Morgan fingerprint density at radius 2 is 2.27 bits per heavy atom. The average molecular weight is 523 g/mol. The van der Waals surface area contributed by atoms with E-state index < -0.39 is 0 Å². The van der Waals surface area contributed by atoms with Crippen molar-refractivity contribution >= 4 is 40.8 Å². The molecular formula is C21H30IN7O. The highest BCUT2D eigenvalue weighted by molar-refractivity contribution is 14.0. The minimum absolute atomic E-state index is 0. The van der Waals surface area contributed by atoms with Gasteiger partial charge in [-0.25, -0.2) is 9.67 Å². The van der Waals surface area contributed by atoms with Gasteiger partial charge in [-0.15, -0.1) is 24.0 Å². The molecule has 2 aromatic heterocycles. The first-order valence-electron chi connectivity index (χ1n) is 10.1. The van der Waals surface area contributed by atoms with Crippen molar-refractivity contribution in [2.45, 2.75) is 45.4 Å². The maximum atomic E-state index is 5.14. The van der Waals surface area contributed by atoms with E-state index in [1.54, 1.807) is 7.11 Å². The van der Waals surface area contributed by atoms with Gasteiger partial charge in [0.2, 0.25) is 0 Å². The van der Waals surface area contributed by atoms with Crippen LogP contribution in [0, 0.1) is 6.92 Å². The Labute approximate surface area is 193 Å². The number of guanidine groups is 1. The molecule has 0 fully saturated rings. The van der Waals surface area contributed by atoms with Crippen molar-refractivity contribution in [2.75, 3.05) is 20.7 Å². The van der Waals surface area contributed by atoms with Gasteiger partial charge in [0, 0.05) is 50.3 Å². The molecule has 8 nitrogen and oxygen atoms in total. The van der Waals surface area contributed by atoms with Crippen LogP contribution in [0.1, 0.15) is 29.2 Å². The lowest BCUT2D eigenvalue weighted by molar-refractivity contribution is 0.177. The number of aliphatic imine (C=N–C) groups is 1. The molecule has 0 saturated carbocycles. The summed E-state index contributed by atoms with van der Waals surface area (Å²) in [6.07, 6.45) is 4.95. The standard InChI is InChI=1S/C21H29N7O.HI/c1-14-4-6-17-15(11-24-18(17)10-14)8-9-23-21(22-2)25-16-5-7-20-26-19(13-29-3)27-28(20)12-16;/h4,6,10-11,16,24H,5,7-9,12-13H2,1-3H3,(H2,22,23,25);1H. The van der Waals surface area contributed by atoms with E-state index in [0.717, 1.165) is 50.0 Å². The van der Waals surface area contributed by atoms with Crippen molar-refractivity contribution in [2.24, 2.45) is 4.99 Å². The highest BCUT2D eigenvalue weighted by Crippen LogP contribution is 2.19. The molecule has 9 heteroatoms. The van der Waals surface area contributed by atoms with Crippen molar-refractivity contribution in [3.05, 3.63) is 47.2 Å². The number of halogens is 1. The molecule has 0 saturated heterocycles. The number of aromatic nitrogens is 4. The number of ether oxygens (including phenoxy) is 1. The molecule has 1 aliphatic rings. The smallest absolute Gasteiger partial charge is 0.191 e. The van der Waals surface area contributed by atoms with Crippen LogP contribution in [0.5, 0.6) is 0 Å². The molecule has 0 aliphatic carbocycles. The summed E-state index contributed by atoms with van der Waals surface area (Å²) in [5, 5.41) is 12.8. The summed E-state index contributed by atoms with van der Waals surface area (Å²) in [7, 11) is 3.47. The second-order valence-electron chi connectivity index (χ2n) is 7.55. The van der Waals surface area contributed by atoms with Gasteiger partial charge in [-0.2, -0.15) is 5.10 Å². The van der Waals surface area contributed by atoms with E-state index >= 15 is 0 Å². The molecule has 162 valence electrons. The van der Waals surface area contributed by atoms with E-state index in [4.69, 9.17) is 4.74 Å². The van der Waals surface area contributed by atoms with Gasteiger partial charge in [-0.05, 0) is 37.0 Å². The molecule has 30 heavy (non-hydrogen) atoms. The summed E-state index contributed by atoms with van der Waals surface area (Å²) < 4.78 is 7.12. The van der Waals surface area contributed by atoms with Gasteiger partial charge >= 0.3 is 0 Å². The number of methoxy groups -OCH3 is 1. The van der Waals surface area contributed by atoms with Gasteiger partial charge in [0.15, 0.2) is 11.8 Å². The summed E-state index contributed by atoms with van der Waals surface area (Å²) >= 11 is 0. The van der Waals surface area contributed by atoms with Gasteiger partial charge in [0.25, 0.3) is 0 Å². The third kappa shape index (κ3) is 5.12. The largest absolute Gasteiger partial charge is 0.377 e. The number of benzene rings is 1. The normalized spacial score (nSPS) is 16.2. The Kier molecular flexibility index (Phi) is 7.70. The van der Waals surface area contributed by atoms with Crippen molar-refractivity contribution < 1.29 is 4.74 Å². The number of H-pyrrole nitrogens is 1. The number of aromatic amines is 1. The fraction of sp³-hybridized carbons (Fsp3) is 0.476. The topological polar surface area (TPSA) is 92.2 Å². The van der Waals surface area contributed by atoms with Crippen LogP contribution in [0.15, 0.2) is 29.4 Å². The highest BCUT2D eigenvalue weighted by Gasteiger charge is 2.22. The Morgan fingerprint density at radius 3 is 3.07 bits per heavy atom. The molecular weight excluding hydrogens is 493 g/mol. The van der Waals surface area contributed by atoms with E-state index in [2.05, 4.69) is 62.0 Å².